The topological polar surface area (TPSA) is 21.3 Å². The maximum absolute atomic E-state index is 6.08. The van der Waals surface area contributed by atoms with Gasteiger partial charge in [-0.25, -0.2) is 0 Å². The summed E-state index contributed by atoms with van der Waals surface area (Å²) < 4.78 is 5.72. The highest BCUT2D eigenvalue weighted by Gasteiger charge is 2.19. The highest BCUT2D eigenvalue weighted by atomic mass is 35.5. The van der Waals surface area contributed by atoms with Crippen LogP contribution in [0.2, 0.25) is 5.02 Å². The molecule has 2 nitrogen and oxygen atoms in total. The van der Waals surface area contributed by atoms with Crippen molar-refractivity contribution in [3.05, 3.63) is 28.8 Å². The molecule has 0 bridgehead atoms. The van der Waals surface area contributed by atoms with Crippen molar-refractivity contribution in [2.75, 3.05) is 13.2 Å². The number of aryl methyl sites for hydroxylation is 1. The van der Waals surface area contributed by atoms with Crippen molar-refractivity contribution in [1.82, 2.24) is 5.32 Å². The molecule has 1 aliphatic carbocycles. The van der Waals surface area contributed by atoms with Gasteiger partial charge in [-0.3, -0.25) is 0 Å². The minimum absolute atomic E-state index is 0.708. The van der Waals surface area contributed by atoms with E-state index in [1.807, 2.05) is 18.2 Å². The second-order valence-corrected chi connectivity index (χ2v) is 5.83. The van der Waals surface area contributed by atoms with E-state index in [9.17, 15) is 0 Å². The van der Waals surface area contributed by atoms with Crippen molar-refractivity contribution < 1.29 is 4.74 Å². The number of hydrogen-bond acceptors (Lipinski definition) is 2. The van der Waals surface area contributed by atoms with Crippen LogP contribution in [0.3, 0.4) is 0 Å². The number of ether oxygens (including phenoxy) is 1. The molecule has 0 saturated heterocycles. The van der Waals surface area contributed by atoms with Crippen molar-refractivity contribution in [3.8, 4) is 5.75 Å². The summed E-state index contributed by atoms with van der Waals surface area (Å²) in [6.45, 7) is 3.99. The van der Waals surface area contributed by atoms with Gasteiger partial charge in [0.15, 0.2) is 0 Å². The fourth-order valence-electron chi connectivity index (χ4n) is 2.08. The van der Waals surface area contributed by atoms with E-state index in [4.69, 9.17) is 16.3 Å². The Labute approximate surface area is 121 Å². The van der Waals surface area contributed by atoms with Crippen molar-refractivity contribution in [2.24, 2.45) is 0 Å². The first-order valence-electron chi connectivity index (χ1n) is 7.38. The molecule has 1 saturated carbocycles. The molecule has 1 aromatic rings. The summed E-state index contributed by atoms with van der Waals surface area (Å²) in [5.74, 6) is 0.817. The van der Waals surface area contributed by atoms with Crippen LogP contribution in [0.4, 0.5) is 0 Å². The summed E-state index contributed by atoms with van der Waals surface area (Å²) in [6, 6.07) is 6.74. The molecule has 0 amide bonds. The Balaban J connectivity index is 1.49. The minimum atomic E-state index is 0.708. The predicted molar refractivity (Wildman–Crippen MR) is 81.2 cm³/mol. The smallest absolute Gasteiger partial charge is 0.138 e. The fraction of sp³-hybridized carbons (Fsp3) is 0.625. The van der Waals surface area contributed by atoms with Crippen molar-refractivity contribution in [2.45, 2.75) is 51.5 Å². The molecular formula is C16H24ClNO. The third-order valence-corrected chi connectivity index (χ3v) is 3.74. The molecular weight excluding hydrogens is 258 g/mol. The molecule has 1 N–H and O–H groups in total. The molecule has 0 aliphatic heterocycles. The van der Waals surface area contributed by atoms with Gasteiger partial charge in [-0.1, -0.05) is 30.5 Å². The van der Waals surface area contributed by atoms with Gasteiger partial charge in [0.1, 0.15) is 5.75 Å². The summed E-state index contributed by atoms with van der Waals surface area (Å²) >= 11 is 6.08. The van der Waals surface area contributed by atoms with Gasteiger partial charge in [-0.2, -0.15) is 0 Å². The van der Waals surface area contributed by atoms with Gasteiger partial charge < -0.3 is 10.1 Å². The SMILES string of the molecule is Cc1ccc(Cl)c(OCCCCCCNC2CC2)c1. The van der Waals surface area contributed by atoms with Gasteiger partial charge in [0.25, 0.3) is 0 Å². The standard InChI is InChI=1S/C16H24ClNO/c1-13-6-9-15(17)16(12-13)19-11-5-3-2-4-10-18-14-7-8-14/h6,9,12,14,18H,2-5,7-8,10-11H2,1H3. The maximum atomic E-state index is 6.08. The molecule has 19 heavy (non-hydrogen) atoms. The maximum Gasteiger partial charge on any atom is 0.138 e. The quantitative estimate of drug-likeness (QED) is 0.680. The summed E-state index contributed by atoms with van der Waals surface area (Å²) in [5, 5.41) is 4.25. The number of benzene rings is 1. The Morgan fingerprint density at radius 2 is 2.00 bits per heavy atom. The predicted octanol–water partition coefficient (Wildman–Crippen LogP) is 4.34. The molecule has 3 heteroatoms. The van der Waals surface area contributed by atoms with Crippen LogP contribution in [-0.2, 0) is 0 Å². The first-order valence-corrected chi connectivity index (χ1v) is 7.76. The first-order chi connectivity index (χ1) is 9.25. The van der Waals surface area contributed by atoms with E-state index in [1.165, 1.54) is 44.2 Å². The lowest BCUT2D eigenvalue weighted by Crippen LogP contribution is -2.17. The number of hydrogen-bond donors (Lipinski definition) is 1. The normalized spacial score (nSPS) is 14.6. The molecule has 0 radical (unpaired) electrons. The molecule has 1 aromatic carbocycles. The van der Waals surface area contributed by atoms with Gasteiger partial charge in [-0.05, 0) is 56.8 Å². The number of halogens is 1. The lowest BCUT2D eigenvalue weighted by Gasteiger charge is -2.08. The third kappa shape index (κ3) is 5.84. The van der Waals surface area contributed by atoms with Gasteiger partial charge >= 0.3 is 0 Å². The first kappa shape index (κ1) is 14.7. The van der Waals surface area contributed by atoms with Crippen LogP contribution >= 0.6 is 11.6 Å². The Morgan fingerprint density at radius 1 is 1.21 bits per heavy atom. The number of unbranched alkanes of at least 4 members (excludes halogenated alkanes) is 3. The largest absolute Gasteiger partial charge is 0.492 e. The van der Waals surface area contributed by atoms with Crippen LogP contribution in [0.1, 0.15) is 44.1 Å². The van der Waals surface area contributed by atoms with Crippen LogP contribution in [0.5, 0.6) is 5.75 Å². The molecule has 1 aliphatic rings. The van der Waals surface area contributed by atoms with Gasteiger partial charge in [0.2, 0.25) is 0 Å². The Hall–Kier alpha value is -0.730. The van der Waals surface area contributed by atoms with Gasteiger partial charge in [0.05, 0.1) is 11.6 Å². The summed E-state index contributed by atoms with van der Waals surface area (Å²) in [4.78, 5) is 0. The van der Waals surface area contributed by atoms with E-state index < -0.39 is 0 Å². The number of nitrogens with one attached hydrogen (secondary N) is 1. The Bertz CT molecular complexity index is 390. The lowest BCUT2D eigenvalue weighted by atomic mass is 10.2. The monoisotopic (exact) mass is 281 g/mol. The molecule has 2 rings (SSSR count). The van der Waals surface area contributed by atoms with E-state index in [0.717, 1.165) is 24.8 Å². The second kappa shape index (κ2) is 7.76. The van der Waals surface area contributed by atoms with Gasteiger partial charge in [-0.15, -0.1) is 0 Å². The van der Waals surface area contributed by atoms with Crippen LogP contribution in [-0.4, -0.2) is 19.2 Å². The minimum Gasteiger partial charge on any atom is -0.492 e. The summed E-state index contributed by atoms with van der Waals surface area (Å²) in [6.07, 6.45) is 7.66. The highest BCUT2D eigenvalue weighted by molar-refractivity contribution is 6.32. The van der Waals surface area contributed by atoms with E-state index in [1.54, 1.807) is 0 Å². The fourth-order valence-corrected chi connectivity index (χ4v) is 2.25. The average Bonchev–Trinajstić information content (AvgIpc) is 3.20. The molecule has 0 unspecified atom stereocenters. The van der Waals surface area contributed by atoms with Crippen molar-refractivity contribution >= 4 is 11.6 Å². The second-order valence-electron chi connectivity index (χ2n) is 5.42. The third-order valence-electron chi connectivity index (χ3n) is 3.43. The van der Waals surface area contributed by atoms with Crippen molar-refractivity contribution in [3.63, 3.8) is 0 Å². The molecule has 0 atom stereocenters. The van der Waals surface area contributed by atoms with E-state index in [0.29, 0.717) is 5.02 Å². The zero-order valence-corrected chi connectivity index (χ0v) is 12.5. The van der Waals surface area contributed by atoms with E-state index in [-0.39, 0.29) is 0 Å². The zero-order chi connectivity index (χ0) is 13.5. The summed E-state index contributed by atoms with van der Waals surface area (Å²) in [7, 11) is 0. The van der Waals surface area contributed by atoms with Crippen LogP contribution in [0, 0.1) is 6.92 Å². The van der Waals surface area contributed by atoms with E-state index in [2.05, 4.69) is 12.2 Å². The van der Waals surface area contributed by atoms with Crippen LogP contribution in [0.25, 0.3) is 0 Å². The highest BCUT2D eigenvalue weighted by Crippen LogP contribution is 2.25. The van der Waals surface area contributed by atoms with Crippen LogP contribution in [0.15, 0.2) is 18.2 Å². The van der Waals surface area contributed by atoms with Crippen LogP contribution < -0.4 is 10.1 Å². The molecule has 106 valence electrons. The van der Waals surface area contributed by atoms with Gasteiger partial charge in [0, 0.05) is 6.04 Å². The summed E-state index contributed by atoms with van der Waals surface area (Å²) in [5.41, 5.74) is 1.19. The number of rotatable bonds is 9. The zero-order valence-electron chi connectivity index (χ0n) is 11.8. The molecule has 1 fully saturated rings. The van der Waals surface area contributed by atoms with Crippen molar-refractivity contribution in [1.29, 1.82) is 0 Å². The van der Waals surface area contributed by atoms with E-state index >= 15 is 0 Å². The Morgan fingerprint density at radius 3 is 2.79 bits per heavy atom. The Kier molecular flexibility index (Phi) is 5.99. The molecule has 0 aromatic heterocycles. The molecule has 0 spiro atoms. The average molecular weight is 282 g/mol. The lowest BCUT2D eigenvalue weighted by molar-refractivity contribution is 0.304. The molecule has 0 heterocycles.